The molecular formula is C12H24N2. The lowest BCUT2D eigenvalue weighted by Gasteiger charge is -2.38. The molecule has 2 atom stereocenters. The average molecular weight is 196 g/mol. The van der Waals surface area contributed by atoms with Gasteiger partial charge in [-0.25, -0.2) is 0 Å². The molecule has 2 aliphatic rings. The summed E-state index contributed by atoms with van der Waals surface area (Å²) in [4.78, 5) is 2.68. The van der Waals surface area contributed by atoms with Crippen LogP contribution in [0.25, 0.3) is 0 Å². The molecule has 2 unspecified atom stereocenters. The predicted molar refractivity (Wildman–Crippen MR) is 60.5 cm³/mol. The van der Waals surface area contributed by atoms with E-state index in [1.807, 2.05) is 0 Å². The molecule has 2 nitrogen and oxygen atoms in total. The summed E-state index contributed by atoms with van der Waals surface area (Å²) >= 11 is 0. The molecule has 0 radical (unpaired) electrons. The second kappa shape index (κ2) is 4.63. The fourth-order valence-corrected chi connectivity index (χ4v) is 2.52. The van der Waals surface area contributed by atoms with E-state index >= 15 is 0 Å². The zero-order valence-corrected chi connectivity index (χ0v) is 9.63. The molecule has 0 bridgehead atoms. The fraction of sp³-hybridized carbons (Fsp3) is 1.00. The van der Waals surface area contributed by atoms with Crippen molar-refractivity contribution < 1.29 is 0 Å². The van der Waals surface area contributed by atoms with Gasteiger partial charge < -0.3 is 5.32 Å². The van der Waals surface area contributed by atoms with E-state index in [-0.39, 0.29) is 0 Å². The second-order valence-electron chi connectivity index (χ2n) is 5.11. The number of nitrogens with one attached hydrogen (secondary N) is 1. The van der Waals surface area contributed by atoms with Crippen LogP contribution in [-0.2, 0) is 0 Å². The maximum absolute atomic E-state index is 3.63. The summed E-state index contributed by atoms with van der Waals surface area (Å²) in [7, 11) is 0. The summed E-state index contributed by atoms with van der Waals surface area (Å²) in [6.07, 6.45) is 7.04. The summed E-state index contributed by atoms with van der Waals surface area (Å²) in [5, 5.41) is 3.63. The summed E-state index contributed by atoms with van der Waals surface area (Å²) < 4.78 is 0. The lowest BCUT2D eigenvalue weighted by molar-refractivity contribution is 0.113. The van der Waals surface area contributed by atoms with E-state index in [9.17, 15) is 0 Å². The number of hydrogen-bond acceptors (Lipinski definition) is 2. The molecule has 0 spiro atoms. The van der Waals surface area contributed by atoms with Crippen LogP contribution in [0.3, 0.4) is 0 Å². The minimum Gasteiger partial charge on any atom is -0.312 e. The summed E-state index contributed by atoms with van der Waals surface area (Å²) in [6, 6.07) is 2.39. The van der Waals surface area contributed by atoms with Crippen molar-refractivity contribution in [1.82, 2.24) is 10.2 Å². The number of piperidine rings is 1. The molecule has 2 rings (SSSR count). The first kappa shape index (κ1) is 10.4. The smallest absolute Gasteiger partial charge is 0.0195 e. The topological polar surface area (TPSA) is 15.3 Å². The molecule has 1 aliphatic carbocycles. The Labute approximate surface area is 88.1 Å². The zero-order chi connectivity index (χ0) is 9.97. The van der Waals surface area contributed by atoms with Gasteiger partial charge in [-0.05, 0) is 46.1 Å². The van der Waals surface area contributed by atoms with Crippen LogP contribution in [0.2, 0.25) is 0 Å². The quantitative estimate of drug-likeness (QED) is 0.740. The maximum Gasteiger partial charge on any atom is 0.0195 e. The summed E-state index contributed by atoms with van der Waals surface area (Å²) in [5.74, 6) is 0. The third kappa shape index (κ3) is 2.71. The molecule has 1 saturated carbocycles. The first-order chi connectivity index (χ1) is 6.77. The van der Waals surface area contributed by atoms with Gasteiger partial charge in [0.2, 0.25) is 0 Å². The van der Waals surface area contributed by atoms with Crippen LogP contribution in [0.5, 0.6) is 0 Å². The third-order valence-corrected chi connectivity index (χ3v) is 3.70. The van der Waals surface area contributed by atoms with Gasteiger partial charge in [-0.3, -0.25) is 4.90 Å². The van der Waals surface area contributed by atoms with Crippen molar-refractivity contribution in [3.8, 4) is 0 Å². The van der Waals surface area contributed by atoms with Gasteiger partial charge in [-0.2, -0.15) is 0 Å². The van der Waals surface area contributed by atoms with Crippen LogP contribution >= 0.6 is 0 Å². The van der Waals surface area contributed by atoms with Crippen LogP contribution in [-0.4, -0.2) is 36.1 Å². The second-order valence-corrected chi connectivity index (χ2v) is 5.11. The SMILES string of the molecule is CC1CCCCN1C(C)CNC1CC1. The van der Waals surface area contributed by atoms with Gasteiger partial charge in [0.1, 0.15) is 0 Å². The molecule has 0 aromatic heterocycles. The van der Waals surface area contributed by atoms with Gasteiger partial charge in [0, 0.05) is 24.7 Å². The van der Waals surface area contributed by atoms with Gasteiger partial charge >= 0.3 is 0 Å². The normalized spacial score (nSPS) is 31.7. The minimum atomic E-state index is 0.728. The van der Waals surface area contributed by atoms with Crippen molar-refractivity contribution in [2.24, 2.45) is 0 Å². The molecule has 14 heavy (non-hydrogen) atoms. The molecule has 2 fully saturated rings. The molecule has 0 aromatic rings. The molecular weight excluding hydrogens is 172 g/mol. The van der Waals surface area contributed by atoms with Gasteiger partial charge in [-0.1, -0.05) is 6.42 Å². The minimum absolute atomic E-state index is 0.728. The number of rotatable bonds is 4. The van der Waals surface area contributed by atoms with Gasteiger partial charge in [0.15, 0.2) is 0 Å². The van der Waals surface area contributed by atoms with Crippen LogP contribution in [0.15, 0.2) is 0 Å². The first-order valence-corrected chi connectivity index (χ1v) is 6.26. The molecule has 82 valence electrons. The van der Waals surface area contributed by atoms with E-state index < -0.39 is 0 Å². The van der Waals surface area contributed by atoms with Crippen molar-refractivity contribution in [2.75, 3.05) is 13.1 Å². The van der Waals surface area contributed by atoms with E-state index in [1.54, 1.807) is 0 Å². The van der Waals surface area contributed by atoms with E-state index in [0.717, 1.165) is 18.1 Å². The van der Waals surface area contributed by atoms with Crippen molar-refractivity contribution in [3.05, 3.63) is 0 Å². The van der Waals surface area contributed by atoms with Crippen molar-refractivity contribution >= 4 is 0 Å². The first-order valence-electron chi connectivity index (χ1n) is 6.26. The Morgan fingerprint density at radius 1 is 1.29 bits per heavy atom. The molecule has 0 aromatic carbocycles. The largest absolute Gasteiger partial charge is 0.312 e. The van der Waals surface area contributed by atoms with Crippen molar-refractivity contribution in [1.29, 1.82) is 0 Å². The van der Waals surface area contributed by atoms with Crippen LogP contribution in [0.4, 0.5) is 0 Å². The Morgan fingerprint density at radius 2 is 2.07 bits per heavy atom. The van der Waals surface area contributed by atoms with E-state index in [0.29, 0.717) is 0 Å². The van der Waals surface area contributed by atoms with E-state index in [1.165, 1.54) is 45.2 Å². The molecule has 1 N–H and O–H groups in total. The highest BCUT2D eigenvalue weighted by Gasteiger charge is 2.25. The van der Waals surface area contributed by atoms with E-state index in [4.69, 9.17) is 0 Å². The highest BCUT2D eigenvalue weighted by Crippen LogP contribution is 2.21. The standard InChI is InChI=1S/C12H24N2/c1-10-5-3-4-8-14(10)11(2)9-13-12-6-7-12/h10-13H,3-9H2,1-2H3. The van der Waals surface area contributed by atoms with Crippen molar-refractivity contribution in [2.45, 2.75) is 64.1 Å². The molecule has 1 aliphatic heterocycles. The molecule has 1 heterocycles. The van der Waals surface area contributed by atoms with Crippen molar-refractivity contribution in [3.63, 3.8) is 0 Å². The number of likely N-dealkylation sites (tertiary alicyclic amines) is 1. The van der Waals surface area contributed by atoms with Crippen LogP contribution < -0.4 is 5.32 Å². The Balaban J connectivity index is 1.73. The Bertz CT molecular complexity index is 177. The van der Waals surface area contributed by atoms with Gasteiger partial charge in [0.05, 0.1) is 0 Å². The highest BCUT2D eigenvalue weighted by atomic mass is 15.2. The zero-order valence-electron chi connectivity index (χ0n) is 9.63. The summed E-state index contributed by atoms with van der Waals surface area (Å²) in [6.45, 7) is 7.26. The monoisotopic (exact) mass is 196 g/mol. The summed E-state index contributed by atoms with van der Waals surface area (Å²) in [5.41, 5.74) is 0. The fourth-order valence-electron chi connectivity index (χ4n) is 2.52. The molecule has 2 heteroatoms. The number of nitrogens with zero attached hydrogens (tertiary/aromatic N) is 1. The lowest BCUT2D eigenvalue weighted by Crippen LogP contribution is -2.47. The lowest BCUT2D eigenvalue weighted by atomic mass is 10.0. The molecule has 0 amide bonds. The van der Waals surface area contributed by atoms with E-state index in [2.05, 4.69) is 24.1 Å². The van der Waals surface area contributed by atoms with Gasteiger partial charge in [0.25, 0.3) is 0 Å². The molecule has 1 saturated heterocycles. The van der Waals surface area contributed by atoms with Gasteiger partial charge in [-0.15, -0.1) is 0 Å². The Hall–Kier alpha value is -0.0800. The van der Waals surface area contributed by atoms with Crippen LogP contribution in [0.1, 0.15) is 46.0 Å². The Morgan fingerprint density at radius 3 is 2.71 bits per heavy atom. The predicted octanol–water partition coefficient (Wildman–Crippen LogP) is 2.00. The maximum atomic E-state index is 3.63. The third-order valence-electron chi connectivity index (χ3n) is 3.70. The van der Waals surface area contributed by atoms with Crippen LogP contribution in [0, 0.1) is 0 Å². The number of hydrogen-bond donors (Lipinski definition) is 1. The average Bonchev–Trinajstić information content (AvgIpc) is 2.98. The Kier molecular flexibility index (Phi) is 3.45. The highest BCUT2D eigenvalue weighted by molar-refractivity contribution is 4.85.